The molecule has 0 aliphatic heterocycles. The van der Waals surface area contributed by atoms with Crippen LogP contribution < -0.4 is 14.9 Å². The van der Waals surface area contributed by atoms with E-state index in [0.717, 1.165) is 0 Å². The van der Waals surface area contributed by atoms with Crippen molar-refractivity contribution < 1.29 is 18.3 Å². The molecule has 1 aromatic carbocycles. The number of nitrogens with zero attached hydrogens (tertiary/aromatic N) is 3. The minimum atomic E-state index is -3.05. The topological polar surface area (TPSA) is 90.4 Å². The molecule has 1 N–H and O–H groups in total. The molecule has 0 aromatic heterocycles. The molecule has 98 valence electrons. The first-order chi connectivity index (χ1) is 9.12. The van der Waals surface area contributed by atoms with Gasteiger partial charge in [-0.2, -0.15) is 24.4 Å². The smallest absolute Gasteiger partial charge is 0.387 e. The second kappa shape index (κ2) is 6.77. The summed E-state index contributed by atoms with van der Waals surface area (Å²) in [5, 5.41) is 20.4. The number of nitrogens with one attached hydrogen (secondary N) is 1. The van der Waals surface area contributed by atoms with E-state index in [-0.39, 0.29) is 17.2 Å². The van der Waals surface area contributed by atoms with Crippen LogP contribution in [-0.2, 0) is 0 Å². The molecule has 0 saturated carbocycles. The Balaban J connectivity index is 3.10. The molecule has 0 spiro atoms. The number of anilines is 1. The van der Waals surface area contributed by atoms with Gasteiger partial charge >= 0.3 is 6.61 Å². The summed E-state index contributed by atoms with van der Waals surface area (Å²) in [5.41, 5.74) is 1.89. The van der Waals surface area contributed by atoms with E-state index in [1.165, 1.54) is 37.4 Å². The first-order valence-corrected chi connectivity index (χ1v) is 4.88. The van der Waals surface area contributed by atoms with Crippen molar-refractivity contribution >= 4 is 11.4 Å². The molecule has 0 radical (unpaired) electrons. The Morgan fingerprint density at radius 2 is 2.05 bits per heavy atom. The Labute approximate surface area is 107 Å². The number of alkyl halides is 2. The first-order valence-electron chi connectivity index (χ1n) is 4.88. The average molecular weight is 266 g/mol. The highest BCUT2D eigenvalue weighted by Gasteiger charge is 2.15. The summed E-state index contributed by atoms with van der Waals surface area (Å²) in [4.78, 5) is 0. The number of nitriles is 2. The molecular formula is C11H8F2N4O2. The third kappa shape index (κ3) is 3.82. The minimum absolute atomic E-state index is 0.0441. The Morgan fingerprint density at radius 3 is 2.58 bits per heavy atom. The van der Waals surface area contributed by atoms with E-state index in [1.54, 1.807) is 0 Å². The Morgan fingerprint density at radius 1 is 1.37 bits per heavy atom. The highest BCUT2D eigenvalue weighted by Crippen LogP contribution is 2.36. The van der Waals surface area contributed by atoms with E-state index < -0.39 is 12.3 Å². The van der Waals surface area contributed by atoms with Gasteiger partial charge in [0.2, 0.25) is 5.71 Å². The molecule has 0 bridgehead atoms. The molecule has 0 atom stereocenters. The van der Waals surface area contributed by atoms with Gasteiger partial charge in [0.15, 0.2) is 11.5 Å². The average Bonchev–Trinajstić information content (AvgIpc) is 2.40. The van der Waals surface area contributed by atoms with Gasteiger partial charge in [-0.15, -0.1) is 0 Å². The van der Waals surface area contributed by atoms with Crippen molar-refractivity contribution in [1.29, 1.82) is 10.5 Å². The van der Waals surface area contributed by atoms with Gasteiger partial charge in [0.05, 0.1) is 7.11 Å². The van der Waals surface area contributed by atoms with Gasteiger partial charge in [-0.25, -0.2) is 0 Å². The van der Waals surface area contributed by atoms with Crippen LogP contribution >= 0.6 is 0 Å². The summed E-state index contributed by atoms with van der Waals surface area (Å²) >= 11 is 0. The van der Waals surface area contributed by atoms with Crippen LogP contribution in [0.4, 0.5) is 14.5 Å². The molecule has 19 heavy (non-hydrogen) atoms. The SMILES string of the molecule is COc1cccc(NN=C(C#N)C#N)c1OC(F)F. The summed E-state index contributed by atoms with van der Waals surface area (Å²) in [6, 6.07) is 7.35. The van der Waals surface area contributed by atoms with Gasteiger partial charge in [-0.1, -0.05) is 6.07 Å². The zero-order valence-electron chi connectivity index (χ0n) is 9.72. The highest BCUT2D eigenvalue weighted by molar-refractivity contribution is 6.10. The number of hydrogen-bond acceptors (Lipinski definition) is 6. The lowest BCUT2D eigenvalue weighted by Crippen LogP contribution is -2.06. The molecular weight excluding hydrogens is 258 g/mol. The molecule has 0 unspecified atom stereocenters. The van der Waals surface area contributed by atoms with Crippen LogP contribution in [-0.4, -0.2) is 19.4 Å². The summed E-state index contributed by atoms with van der Waals surface area (Å²) in [6.45, 7) is -3.05. The van der Waals surface area contributed by atoms with E-state index >= 15 is 0 Å². The minimum Gasteiger partial charge on any atom is -0.493 e. The number of rotatable bonds is 5. The van der Waals surface area contributed by atoms with Crippen molar-refractivity contribution in [2.45, 2.75) is 6.61 Å². The van der Waals surface area contributed by atoms with E-state index in [4.69, 9.17) is 15.3 Å². The molecule has 8 heteroatoms. The molecule has 0 heterocycles. The van der Waals surface area contributed by atoms with Crippen LogP contribution in [0, 0.1) is 22.7 Å². The van der Waals surface area contributed by atoms with Gasteiger partial charge in [0, 0.05) is 0 Å². The summed E-state index contributed by atoms with van der Waals surface area (Å²) in [5.74, 6) is -0.199. The molecule has 0 aliphatic rings. The summed E-state index contributed by atoms with van der Waals surface area (Å²) in [6.07, 6.45) is 0. The monoisotopic (exact) mass is 266 g/mol. The predicted molar refractivity (Wildman–Crippen MR) is 61.9 cm³/mol. The number of benzene rings is 1. The molecule has 1 rings (SSSR count). The van der Waals surface area contributed by atoms with Crippen LogP contribution in [0.15, 0.2) is 23.3 Å². The Kier molecular flexibility index (Phi) is 5.05. The Bertz CT molecular complexity index is 545. The van der Waals surface area contributed by atoms with Crippen LogP contribution in [0.2, 0.25) is 0 Å². The third-order valence-corrected chi connectivity index (χ3v) is 1.91. The zero-order chi connectivity index (χ0) is 14.3. The number of halogens is 2. The number of ether oxygens (including phenoxy) is 2. The van der Waals surface area contributed by atoms with Crippen molar-refractivity contribution in [2.24, 2.45) is 5.10 Å². The maximum Gasteiger partial charge on any atom is 0.387 e. The second-order valence-corrected chi connectivity index (χ2v) is 3.01. The number of methoxy groups -OCH3 is 1. The largest absolute Gasteiger partial charge is 0.493 e. The van der Waals surface area contributed by atoms with E-state index in [0.29, 0.717) is 0 Å². The third-order valence-electron chi connectivity index (χ3n) is 1.91. The molecule has 0 saturated heterocycles. The van der Waals surface area contributed by atoms with Crippen molar-refractivity contribution in [3.63, 3.8) is 0 Å². The molecule has 1 aromatic rings. The van der Waals surface area contributed by atoms with Crippen molar-refractivity contribution in [2.75, 3.05) is 12.5 Å². The lowest BCUT2D eigenvalue weighted by molar-refractivity contribution is -0.0507. The van der Waals surface area contributed by atoms with E-state index in [1.807, 2.05) is 0 Å². The Hall–Kier alpha value is -2.87. The van der Waals surface area contributed by atoms with Gasteiger partial charge in [-0.3, -0.25) is 5.43 Å². The normalized spacial score (nSPS) is 9.16. The zero-order valence-corrected chi connectivity index (χ0v) is 9.72. The maximum absolute atomic E-state index is 12.3. The van der Waals surface area contributed by atoms with E-state index in [2.05, 4.69) is 15.3 Å². The fourth-order valence-corrected chi connectivity index (χ4v) is 1.17. The van der Waals surface area contributed by atoms with Gasteiger partial charge in [0.25, 0.3) is 0 Å². The lowest BCUT2D eigenvalue weighted by Gasteiger charge is -2.13. The summed E-state index contributed by atoms with van der Waals surface area (Å²) in [7, 11) is 1.29. The predicted octanol–water partition coefficient (Wildman–Crippen LogP) is 2.11. The van der Waals surface area contributed by atoms with Gasteiger partial charge in [0.1, 0.15) is 17.8 Å². The molecule has 6 nitrogen and oxygen atoms in total. The fraction of sp³-hybridized carbons (Fsp3) is 0.182. The molecule has 0 aliphatic carbocycles. The summed E-state index contributed by atoms with van der Waals surface area (Å²) < 4.78 is 33.8. The van der Waals surface area contributed by atoms with Gasteiger partial charge < -0.3 is 9.47 Å². The number of para-hydroxylation sites is 1. The highest BCUT2D eigenvalue weighted by atomic mass is 19.3. The van der Waals surface area contributed by atoms with Crippen molar-refractivity contribution in [1.82, 2.24) is 0 Å². The van der Waals surface area contributed by atoms with Crippen LogP contribution in [0.5, 0.6) is 11.5 Å². The van der Waals surface area contributed by atoms with Crippen LogP contribution in [0.25, 0.3) is 0 Å². The first kappa shape index (κ1) is 14.2. The molecule has 0 fully saturated rings. The van der Waals surface area contributed by atoms with Gasteiger partial charge in [-0.05, 0) is 12.1 Å². The maximum atomic E-state index is 12.3. The fourth-order valence-electron chi connectivity index (χ4n) is 1.17. The van der Waals surface area contributed by atoms with E-state index in [9.17, 15) is 8.78 Å². The van der Waals surface area contributed by atoms with Crippen LogP contribution in [0.1, 0.15) is 0 Å². The van der Waals surface area contributed by atoms with Crippen molar-refractivity contribution in [3.8, 4) is 23.6 Å². The lowest BCUT2D eigenvalue weighted by atomic mass is 10.3. The second-order valence-electron chi connectivity index (χ2n) is 3.01. The molecule has 0 amide bonds. The number of hydrazone groups is 1. The van der Waals surface area contributed by atoms with Crippen molar-refractivity contribution in [3.05, 3.63) is 18.2 Å². The quantitative estimate of drug-likeness (QED) is 0.651. The van der Waals surface area contributed by atoms with Crippen LogP contribution in [0.3, 0.4) is 0 Å². The standard InChI is InChI=1S/C11H8F2N4O2/c1-18-9-4-2-3-8(10(9)19-11(12)13)17-16-7(5-14)6-15/h2-4,11,17H,1H3. The number of hydrogen-bond donors (Lipinski definition) is 1.